The fraction of sp³-hybridized carbons (Fsp3) is 0.500. The number of amides is 1. The number of hydrogen-bond donors (Lipinski definition) is 1. The molecule has 8 heteroatoms. The number of benzene rings is 1. The molecule has 3 rings (SSSR count). The number of carbonyl (C=O) groups is 1. The molecule has 1 aliphatic heterocycles. The minimum atomic E-state index is -3.40. The van der Waals surface area contributed by atoms with Gasteiger partial charge in [-0.2, -0.15) is 9.40 Å². The number of aromatic nitrogens is 2. The van der Waals surface area contributed by atoms with Gasteiger partial charge >= 0.3 is 0 Å². The standard InChI is InChI=1S/C20H28N4O3S/c25-20(21-12-4-14-23-15-5-13-22-23)11-8-18-6-9-19(10-7-18)28(26,27)24-16-2-1-3-17-24/h5-7,9-10,13,15H,1-4,8,11-12,14,16-17H2,(H,21,25). The van der Waals surface area contributed by atoms with Crippen LogP contribution in [-0.2, 0) is 27.8 Å². The number of aryl methyl sites for hydroxylation is 2. The number of nitrogens with zero attached hydrogens (tertiary/aromatic N) is 3. The van der Waals surface area contributed by atoms with Gasteiger partial charge in [-0.3, -0.25) is 9.48 Å². The van der Waals surface area contributed by atoms with Crippen LogP contribution in [0.25, 0.3) is 0 Å². The van der Waals surface area contributed by atoms with E-state index in [1.165, 1.54) is 0 Å². The Kier molecular flexibility index (Phi) is 7.22. The minimum absolute atomic E-state index is 0.00507. The lowest BCUT2D eigenvalue weighted by Gasteiger charge is -2.25. The molecule has 0 spiro atoms. The smallest absolute Gasteiger partial charge is 0.243 e. The van der Waals surface area contributed by atoms with E-state index in [9.17, 15) is 13.2 Å². The van der Waals surface area contributed by atoms with E-state index in [-0.39, 0.29) is 5.91 Å². The Labute approximate surface area is 166 Å². The number of sulfonamides is 1. The zero-order valence-corrected chi connectivity index (χ0v) is 16.9. The molecule has 0 radical (unpaired) electrons. The molecule has 152 valence electrons. The summed E-state index contributed by atoms with van der Waals surface area (Å²) in [5.74, 6) is 0.00507. The summed E-state index contributed by atoms with van der Waals surface area (Å²) in [5, 5.41) is 7.03. The fourth-order valence-corrected chi connectivity index (χ4v) is 4.85. The Bertz CT molecular complexity index is 842. The molecule has 0 bridgehead atoms. The van der Waals surface area contributed by atoms with Crippen LogP contribution >= 0.6 is 0 Å². The molecule has 1 saturated heterocycles. The molecule has 1 aliphatic rings. The first-order valence-electron chi connectivity index (χ1n) is 9.89. The number of piperidine rings is 1. The van der Waals surface area contributed by atoms with Gasteiger partial charge in [0.2, 0.25) is 15.9 Å². The molecule has 1 amide bonds. The van der Waals surface area contributed by atoms with Gasteiger partial charge in [0.25, 0.3) is 0 Å². The Morgan fingerprint density at radius 2 is 1.86 bits per heavy atom. The highest BCUT2D eigenvalue weighted by atomic mass is 32.2. The van der Waals surface area contributed by atoms with Crippen LogP contribution in [0.2, 0.25) is 0 Å². The summed E-state index contributed by atoms with van der Waals surface area (Å²) >= 11 is 0. The topological polar surface area (TPSA) is 84.3 Å². The van der Waals surface area contributed by atoms with Gasteiger partial charge in [0.05, 0.1) is 4.90 Å². The maximum Gasteiger partial charge on any atom is 0.243 e. The van der Waals surface area contributed by atoms with Crippen molar-refractivity contribution in [1.82, 2.24) is 19.4 Å². The van der Waals surface area contributed by atoms with E-state index >= 15 is 0 Å². The zero-order chi connectivity index (χ0) is 19.8. The van der Waals surface area contributed by atoms with Crippen molar-refractivity contribution in [2.24, 2.45) is 0 Å². The normalized spacial score (nSPS) is 15.4. The first kappa shape index (κ1) is 20.5. The van der Waals surface area contributed by atoms with Crippen LogP contribution in [0.4, 0.5) is 0 Å². The van der Waals surface area contributed by atoms with Crippen molar-refractivity contribution in [2.75, 3.05) is 19.6 Å². The summed E-state index contributed by atoms with van der Waals surface area (Å²) in [5.41, 5.74) is 0.962. The first-order valence-corrected chi connectivity index (χ1v) is 11.3. The van der Waals surface area contributed by atoms with Crippen LogP contribution in [0.3, 0.4) is 0 Å². The molecular formula is C20H28N4O3S. The van der Waals surface area contributed by atoms with Gasteiger partial charge in [-0.15, -0.1) is 0 Å². The molecule has 0 unspecified atom stereocenters. The van der Waals surface area contributed by atoms with Gasteiger partial charge in [-0.05, 0) is 49.4 Å². The van der Waals surface area contributed by atoms with E-state index in [0.29, 0.717) is 37.4 Å². The average Bonchev–Trinajstić information content (AvgIpc) is 3.24. The van der Waals surface area contributed by atoms with Crippen molar-refractivity contribution in [1.29, 1.82) is 0 Å². The molecule has 0 atom stereocenters. The molecular weight excluding hydrogens is 376 g/mol. The van der Waals surface area contributed by atoms with Crippen LogP contribution < -0.4 is 5.32 Å². The van der Waals surface area contributed by atoms with E-state index < -0.39 is 10.0 Å². The zero-order valence-electron chi connectivity index (χ0n) is 16.1. The largest absolute Gasteiger partial charge is 0.356 e. The molecule has 2 aromatic rings. The third kappa shape index (κ3) is 5.65. The maximum absolute atomic E-state index is 12.7. The highest BCUT2D eigenvalue weighted by Gasteiger charge is 2.25. The Balaban J connectivity index is 1.41. The van der Waals surface area contributed by atoms with Gasteiger partial charge in [0.1, 0.15) is 0 Å². The van der Waals surface area contributed by atoms with Gasteiger partial charge < -0.3 is 5.32 Å². The van der Waals surface area contributed by atoms with Crippen molar-refractivity contribution >= 4 is 15.9 Å². The third-order valence-electron chi connectivity index (χ3n) is 4.96. The second kappa shape index (κ2) is 9.84. The van der Waals surface area contributed by atoms with Gasteiger partial charge in [0, 0.05) is 45.0 Å². The van der Waals surface area contributed by atoms with Crippen LogP contribution in [-0.4, -0.2) is 48.0 Å². The van der Waals surface area contributed by atoms with E-state index in [1.807, 2.05) is 29.1 Å². The summed E-state index contributed by atoms with van der Waals surface area (Å²) < 4.78 is 28.7. The monoisotopic (exact) mass is 404 g/mol. The van der Waals surface area contributed by atoms with Gasteiger partial charge in [0.15, 0.2) is 0 Å². The van der Waals surface area contributed by atoms with E-state index in [2.05, 4.69) is 10.4 Å². The molecule has 7 nitrogen and oxygen atoms in total. The maximum atomic E-state index is 12.7. The molecule has 28 heavy (non-hydrogen) atoms. The number of carbonyl (C=O) groups excluding carboxylic acids is 1. The van der Waals surface area contributed by atoms with E-state index in [4.69, 9.17) is 0 Å². The number of nitrogens with one attached hydrogen (secondary N) is 1. The molecule has 1 aromatic carbocycles. The SMILES string of the molecule is O=C(CCc1ccc(S(=O)(=O)N2CCCCC2)cc1)NCCCn1cccn1. The molecule has 2 heterocycles. The second-order valence-corrected chi connectivity index (χ2v) is 9.02. The van der Waals surface area contributed by atoms with Crippen LogP contribution in [0, 0.1) is 0 Å². The lowest BCUT2D eigenvalue weighted by atomic mass is 10.1. The van der Waals surface area contributed by atoms with Crippen molar-refractivity contribution in [3.8, 4) is 0 Å². The van der Waals surface area contributed by atoms with Crippen molar-refractivity contribution in [3.63, 3.8) is 0 Å². The lowest BCUT2D eigenvalue weighted by molar-refractivity contribution is -0.121. The fourth-order valence-electron chi connectivity index (χ4n) is 3.33. The molecule has 0 saturated carbocycles. The minimum Gasteiger partial charge on any atom is -0.356 e. The van der Waals surface area contributed by atoms with E-state index in [1.54, 1.807) is 22.6 Å². The van der Waals surface area contributed by atoms with Crippen LogP contribution in [0.15, 0.2) is 47.6 Å². The van der Waals surface area contributed by atoms with E-state index in [0.717, 1.165) is 37.8 Å². The molecule has 1 fully saturated rings. The molecule has 1 N–H and O–H groups in total. The predicted octanol–water partition coefficient (Wildman–Crippen LogP) is 2.20. The van der Waals surface area contributed by atoms with Crippen molar-refractivity contribution in [2.45, 2.75) is 50.0 Å². The average molecular weight is 405 g/mol. The lowest BCUT2D eigenvalue weighted by Crippen LogP contribution is -2.35. The summed E-state index contributed by atoms with van der Waals surface area (Å²) in [6.07, 6.45) is 8.39. The Hall–Kier alpha value is -2.19. The van der Waals surface area contributed by atoms with Crippen molar-refractivity contribution < 1.29 is 13.2 Å². The third-order valence-corrected chi connectivity index (χ3v) is 6.88. The summed E-state index contributed by atoms with van der Waals surface area (Å²) in [6, 6.07) is 8.80. The predicted molar refractivity (Wildman–Crippen MR) is 107 cm³/mol. The number of rotatable bonds is 9. The van der Waals surface area contributed by atoms with Crippen LogP contribution in [0.5, 0.6) is 0 Å². The summed E-state index contributed by atoms with van der Waals surface area (Å²) in [7, 11) is -3.40. The van der Waals surface area contributed by atoms with Gasteiger partial charge in [-0.1, -0.05) is 18.6 Å². The first-order chi connectivity index (χ1) is 13.6. The molecule has 1 aromatic heterocycles. The Morgan fingerprint density at radius 1 is 1.11 bits per heavy atom. The summed E-state index contributed by atoms with van der Waals surface area (Å²) in [6.45, 7) is 2.60. The highest BCUT2D eigenvalue weighted by Crippen LogP contribution is 2.21. The van der Waals surface area contributed by atoms with Gasteiger partial charge in [-0.25, -0.2) is 8.42 Å². The summed E-state index contributed by atoms with van der Waals surface area (Å²) in [4.78, 5) is 12.3. The number of hydrogen-bond acceptors (Lipinski definition) is 4. The Morgan fingerprint density at radius 3 is 2.54 bits per heavy atom. The second-order valence-electron chi connectivity index (χ2n) is 7.08. The quantitative estimate of drug-likeness (QED) is 0.650. The highest BCUT2D eigenvalue weighted by molar-refractivity contribution is 7.89. The van der Waals surface area contributed by atoms with Crippen LogP contribution in [0.1, 0.15) is 37.7 Å². The van der Waals surface area contributed by atoms with Crippen molar-refractivity contribution in [3.05, 3.63) is 48.3 Å². The molecule has 0 aliphatic carbocycles.